The Labute approximate surface area is 106 Å². The van der Waals surface area contributed by atoms with Crippen molar-refractivity contribution in [2.75, 3.05) is 6.54 Å². The van der Waals surface area contributed by atoms with Crippen molar-refractivity contribution < 1.29 is 0 Å². The minimum absolute atomic E-state index is 0.593. The van der Waals surface area contributed by atoms with E-state index >= 15 is 0 Å². The SMILES string of the molecule is CCCNC(c1c(C)cc(C)cc1C)C1CC1. The summed E-state index contributed by atoms with van der Waals surface area (Å²) in [6.07, 6.45) is 4.01. The van der Waals surface area contributed by atoms with Crippen molar-refractivity contribution in [1.82, 2.24) is 5.32 Å². The van der Waals surface area contributed by atoms with Gasteiger partial charge < -0.3 is 5.32 Å². The average Bonchev–Trinajstić information content (AvgIpc) is 3.05. The van der Waals surface area contributed by atoms with Gasteiger partial charge in [0.1, 0.15) is 0 Å². The fraction of sp³-hybridized carbons (Fsp3) is 0.625. The van der Waals surface area contributed by atoms with Gasteiger partial charge in [0, 0.05) is 6.04 Å². The highest BCUT2D eigenvalue weighted by atomic mass is 14.9. The fourth-order valence-corrected chi connectivity index (χ4v) is 2.92. The molecule has 17 heavy (non-hydrogen) atoms. The van der Waals surface area contributed by atoms with Gasteiger partial charge in [0.05, 0.1) is 0 Å². The first-order valence-corrected chi connectivity index (χ1v) is 6.94. The highest BCUT2D eigenvalue weighted by molar-refractivity contribution is 5.40. The predicted molar refractivity (Wildman–Crippen MR) is 74.4 cm³/mol. The van der Waals surface area contributed by atoms with Gasteiger partial charge >= 0.3 is 0 Å². The van der Waals surface area contributed by atoms with E-state index in [1.165, 1.54) is 36.0 Å². The van der Waals surface area contributed by atoms with Crippen LogP contribution in [0.15, 0.2) is 12.1 Å². The molecule has 0 aromatic heterocycles. The van der Waals surface area contributed by atoms with Crippen molar-refractivity contribution in [3.05, 3.63) is 34.4 Å². The predicted octanol–water partition coefficient (Wildman–Crippen LogP) is 4.06. The lowest BCUT2D eigenvalue weighted by atomic mass is 9.91. The van der Waals surface area contributed by atoms with Gasteiger partial charge in [-0.05, 0) is 69.2 Å². The molecule has 1 aliphatic rings. The molecule has 0 heterocycles. The van der Waals surface area contributed by atoms with Crippen LogP contribution in [0, 0.1) is 26.7 Å². The molecule has 94 valence electrons. The maximum absolute atomic E-state index is 3.75. The molecular formula is C16H25N. The summed E-state index contributed by atoms with van der Waals surface area (Å²) in [4.78, 5) is 0. The minimum atomic E-state index is 0.593. The summed E-state index contributed by atoms with van der Waals surface area (Å²) in [5, 5.41) is 3.75. The summed E-state index contributed by atoms with van der Waals surface area (Å²) in [6.45, 7) is 10.1. The van der Waals surface area contributed by atoms with Crippen LogP contribution in [0.1, 0.15) is 54.5 Å². The first-order chi connectivity index (χ1) is 8.13. The molecule has 0 spiro atoms. The minimum Gasteiger partial charge on any atom is -0.310 e. The normalized spacial score (nSPS) is 17.2. The van der Waals surface area contributed by atoms with Crippen LogP contribution in [0.3, 0.4) is 0 Å². The van der Waals surface area contributed by atoms with E-state index in [1.807, 2.05) is 0 Å². The van der Waals surface area contributed by atoms with Gasteiger partial charge in [-0.25, -0.2) is 0 Å². The molecule has 1 unspecified atom stereocenters. The van der Waals surface area contributed by atoms with Crippen LogP contribution in [-0.4, -0.2) is 6.54 Å². The zero-order valence-electron chi connectivity index (χ0n) is 11.6. The molecule has 2 rings (SSSR count). The van der Waals surface area contributed by atoms with E-state index in [4.69, 9.17) is 0 Å². The molecule has 1 aromatic rings. The summed E-state index contributed by atoms with van der Waals surface area (Å²) in [6, 6.07) is 5.24. The van der Waals surface area contributed by atoms with Crippen LogP contribution in [0.5, 0.6) is 0 Å². The van der Waals surface area contributed by atoms with Crippen LogP contribution in [-0.2, 0) is 0 Å². The molecule has 0 aliphatic heterocycles. The van der Waals surface area contributed by atoms with Crippen LogP contribution in [0.4, 0.5) is 0 Å². The molecule has 0 amide bonds. The van der Waals surface area contributed by atoms with E-state index < -0.39 is 0 Å². The lowest BCUT2D eigenvalue weighted by Gasteiger charge is -2.23. The molecule has 1 saturated carbocycles. The number of aryl methyl sites for hydroxylation is 3. The molecule has 1 N–H and O–H groups in total. The third-order valence-corrected chi connectivity index (χ3v) is 3.76. The first kappa shape index (κ1) is 12.6. The summed E-state index contributed by atoms with van der Waals surface area (Å²) < 4.78 is 0. The van der Waals surface area contributed by atoms with Crippen molar-refractivity contribution >= 4 is 0 Å². The Hall–Kier alpha value is -0.820. The van der Waals surface area contributed by atoms with E-state index in [-0.39, 0.29) is 0 Å². The van der Waals surface area contributed by atoms with E-state index in [9.17, 15) is 0 Å². The Morgan fingerprint density at radius 3 is 2.24 bits per heavy atom. The quantitative estimate of drug-likeness (QED) is 0.805. The Kier molecular flexibility index (Phi) is 3.88. The van der Waals surface area contributed by atoms with Crippen molar-refractivity contribution in [3.8, 4) is 0 Å². The third-order valence-electron chi connectivity index (χ3n) is 3.76. The summed E-state index contributed by atoms with van der Waals surface area (Å²) >= 11 is 0. The standard InChI is InChI=1S/C16H25N/c1-5-8-17-16(14-6-7-14)15-12(3)9-11(2)10-13(15)4/h9-10,14,16-17H,5-8H2,1-4H3. The maximum atomic E-state index is 3.75. The van der Waals surface area contributed by atoms with Crippen molar-refractivity contribution in [2.24, 2.45) is 5.92 Å². The Balaban J connectivity index is 2.28. The van der Waals surface area contributed by atoms with Gasteiger partial charge in [-0.3, -0.25) is 0 Å². The second kappa shape index (κ2) is 5.22. The monoisotopic (exact) mass is 231 g/mol. The zero-order chi connectivity index (χ0) is 12.4. The number of hydrogen-bond acceptors (Lipinski definition) is 1. The second-order valence-corrected chi connectivity index (χ2v) is 5.58. The van der Waals surface area contributed by atoms with Gasteiger partial charge in [-0.1, -0.05) is 24.6 Å². The summed E-state index contributed by atoms with van der Waals surface area (Å²) in [7, 11) is 0. The lowest BCUT2D eigenvalue weighted by Crippen LogP contribution is -2.25. The number of benzene rings is 1. The lowest BCUT2D eigenvalue weighted by molar-refractivity contribution is 0.477. The van der Waals surface area contributed by atoms with Gasteiger partial charge in [0.2, 0.25) is 0 Å². The van der Waals surface area contributed by atoms with Crippen LogP contribution in [0.2, 0.25) is 0 Å². The zero-order valence-corrected chi connectivity index (χ0v) is 11.6. The van der Waals surface area contributed by atoms with Crippen molar-refractivity contribution in [1.29, 1.82) is 0 Å². The molecule has 0 saturated heterocycles. The number of rotatable bonds is 5. The van der Waals surface area contributed by atoms with E-state index in [0.29, 0.717) is 6.04 Å². The number of nitrogens with one attached hydrogen (secondary N) is 1. The molecule has 1 aromatic carbocycles. The Morgan fingerprint density at radius 2 is 1.76 bits per heavy atom. The highest BCUT2D eigenvalue weighted by Gasteiger charge is 2.33. The van der Waals surface area contributed by atoms with E-state index in [2.05, 4.69) is 45.1 Å². The van der Waals surface area contributed by atoms with Gasteiger partial charge in [0.25, 0.3) is 0 Å². The molecule has 1 nitrogen and oxygen atoms in total. The van der Waals surface area contributed by atoms with Crippen LogP contribution < -0.4 is 5.32 Å². The van der Waals surface area contributed by atoms with Gasteiger partial charge in [0.15, 0.2) is 0 Å². The van der Waals surface area contributed by atoms with Crippen molar-refractivity contribution in [3.63, 3.8) is 0 Å². The molecule has 0 radical (unpaired) electrons. The van der Waals surface area contributed by atoms with Crippen LogP contribution in [0.25, 0.3) is 0 Å². The van der Waals surface area contributed by atoms with Crippen molar-refractivity contribution in [2.45, 2.75) is 53.0 Å². The Bertz CT molecular complexity index is 368. The average molecular weight is 231 g/mol. The van der Waals surface area contributed by atoms with Gasteiger partial charge in [-0.15, -0.1) is 0 Å². The maximum Gasteiger partial charge on any atom is 0.0353 e. The topological polar surface area (TPSA) is 12.0 Å². The highest BCUT2D eigenvalue weighted by Crippen LogP contribution is 2.43. The number of hydrogen-bond donors (Lipinski definition) is 1. The molecule has 1 aliphatic carbocycles. The van der Waals surface area contributed by atoms with Crippen LogP contribution >= 0.6 is 0 Å². The molecule has 0 bridgehead atoms. The van der Waals surface area contributed by atoms with E-state index in [0.717, 1.165) is 12.5 Å². The Morgan fingerprint density at radius 1 is 1.18 bits per heavy atom. The largest absolute Gasteiger partial charge is 0.310 e. The second-order valence-electron chi connectivity index (χ2n) is 5.58. The molecule has 1 heteroatoms. The smallest absolute Gasteiger partial charge is 0.0353 e. The molecule has 1 atom stereocenters. The summed E-state index contributed by atoms with van der Waals surface area (Å²) in [5.74, 6) is 0.877. The first-order valence-electron chi connectivity index (χ1n) is 6.94. The molecule has 1 fully saturated rings. The third kappa shape index (κ3) is 2.90. The van der Waals surface area contributed by atoms with Gasteiger partial charge in [-0.2, -0.15) is 0 Å². The van der Waals surface area contributed by atoms with E-state index in [1.54, 1.807) is 5.56 Å². The molecular weight excluding hydrogens is 206 g/mol. The fourth-order valence-electron chi connectivity index (χ4n) is 2.92. The summed E-state index contributed by atoms with van der Waals surface area (Å²) in [5.41, 5.74) is 5.87.